The summed E-state index contributed by atoms with van der Waals surface area (Å²) in [6.07, 6.45) is 6.69. The first-order chi connectivity index (χ1) is 18.8. The number of pyridine rings is 1. The van der Waals surface area contributed by atoms with E-state index >= 15 is 0 Å². The Morgan fingerprint density at radius 1 is 1.10 bits per heavy atom. The minimum atomic E-state index is -0.302. The molecule has 0 bridgehead atoms. The van der Waals surface area contributed by atoms with Gasteiger partial charge < -0.3 is 9.80 Å². The molecule has 1 aliphatic carbocycles. The van der Waals surface area contributed by atoms with E-state index in [0.717, 1.165) is 49.2 Å². The SMILES string of the molecule is CCCn1c(N2CCN(c3ccc(F)cc3)CC2)c(C=C2SC(=S)N(C3CCCC3)C2=O)c(C)c(C#N)c1=O. The molecule has 204 valence electrons. The first kappa shape index (κ1) is 27.4. The van der Waals surface area contributed by atoms with Crippen molar-refractivity contribution in [3.8, 4) is 6.07 Å². The molecule has 5 rings (SSSR count). The molecule has 1 amide bonds. The van der Waals surface area contributed by atoms with Crippen molar-refractivity contribution in [1.29, 1.82) is 5.26 Å². The summed E-state index contributed by atoms with van der Waals surface area (Å²) < 4.78 is 15.7. The van der Waals surface area contributed by atoms with Gasteiger partial charge in [0.2, 0.25) is 0 Å². The van der Waals surface area contributed by atoms with Crippen molar-refractivity contribution in [2.75, 3.05) is 36.0 Å². The topological polar surface area (TPSA) is 72.6 Å². The number of anilines is 2. The van der Waals surface area contributed by atoms with E-state index in [1.165, 1.54) is 23.9 Å². The Bertz CT molecular complexity index is 1420. The van der Waals surface area contributed by atoms with E-state index in [2.05, 4.69) is 15.9 Å². The van der Waals surface area contributed by atoms with Crippen molar-refractivity contribution < 1.29 is 9.18 Å². The molecule has 1 aromatic heterocycles. The highest BCUT2D eigenvalue weighted by Crippen LogP contribution is 2.39. The van der Waals surface area contributed by atoms with Crippen LogP contribution < -0.4 is 15.4 Å². The zero-order valence-electron chi connectivity index (χ0n) is 22.3. The van der Waals surface area contributed by atoms with Crippen LogP contribution in [0.15, 0.2) is 34.0 Å². The van der Waals surface area contributed by atoms with E-state index in [4.69, 9.17) is 12.2 Å². The highest BCUT2D eigenvalue weighted by molar-refractivity contribution is 8.26. The van der Waals surface area contributed by atoms with Crippen molar-refractivity contribution in [2.24, 2.45) is 0 Å². The number of hydrogen-bond donors (Lipinski definition) is 0. The number of carbonyl (C=O) groups excluding carboxylic acids is 1. The molecule has 0 spiro atoms. The van der Waals surface area contributed by atoms with Crippen molar-refractivity contribution in [2.45, 2.75) is 58.5 Å². The molecule has 10 heteroatoms. The number of halogens is 1. The monoisotopic (exact) mass is 565 g/mol. The number of piperazine rings is 1. The second-order valence-corrected chi connectivity index (χ2v) is 11.9. The molecule has 0 N–H and O–H groups in total. The highest BCUT2D eigenvalue weighted by Gasteiger charge is 2.38. The van der Waals surface area contributed by atoms with Gasteiger partial charge in [-0.05, 0) is 62.1 Å². The molecule has 3 heterocycles. The molecule has 2 saturated heterocycles. The summed E-state index contributed by atoms with van der Waals surface area (Å²) in [7, 11) is 0. The van der Waals surface area contributed by atoms with E-state index < -0.39 is 0 Å². The lowest BCUT2D eigenvalue weighted by Crippen LogP contribution is -2.48. The smallest absolute Gasteiger partial charge is 0.270 e. The van der Waals surface area contributed by atoms with Gasteiger partial charge >= 0.3 is 0 Å². The van der Waals surface area contributed by atoms with Crippen LogP contribution in [0.25, 0.3) is 6.08 Å². The molecule has 7 nitrogen and oxygen atoms in total. The molecular formula is C29H32FN5O2S2. The fourth-order valence-corrected chi connectivity index (χ4v) is 7.21. The van der Waals surface area contributed by atoms with Crippen LogP contribution in [0, 0.1) is 24.1 Å². The maximum absolute atomic E-state index is 13.5. The van der Waals surface area contributed by atoms with Crippen LogP contribution in [0.1, 0.15) is 55.7 Å². The number of carbonyl (C=O) groups is 1. The van der Waals surface area contributed by atoms with Crippen LogP contribution in [0.3, 0.4) is 0 Å². The second kappa shape index (κ2) is 11.5. The largest absolute Gasteiger partial charge is 0.368 e. The lowest BCUT2D eigenvalue weighted by Gasteiger charge is -2.39. The molecule has 2 aromatic rings. The molecule has 0 atom stereocenters. The minimum Gasteiger partial charge on any atom is -0.368 e. The molecule has 3 aliphatic rings. The van der Waals surface area contributed by atoms with Crippen molar-refractivity contribution >= 4 is 51.8 Å². The molecular weight excluding hydrogens is 533 g/mol. The molecule has 1 aromatic carbocycles. The number of rotatable bonds is 6. The van der Waals surface area contributed by atoms with E-state index in [-0.39, 0.29) is 28.9 Å². The first-order valence-electron chi connectivity index (χ1n) is 13.5. The fraction of sp³-hybridized carbons (Fsp3) is 0.448. The zero-order chi connectivity index (χ0) is 27.7. The van der Waals surface area contributed by atoms with Gasteiger partial charge in [0.15, 0.2) is 0 Å². The van der Waals surface area contributed by atoms with Crippen molar-refractivity contribution in [3.05, 3.63) is 62.0 Å². The van der Waals surface area contributed by atoms with Crippen molar-refractivity contribution in [3.63, 3.8) is 0 Å². The number of thioether (sulfide) groups is 1. The van der Waals surface area contributed by atoms with Crippen LogP contribution in [0.4, 0.5) is 15.9 Å². The Morgan fingerprint density at radius 3 is 2.36 bits per heavy atom. The summed E-state index contributed by atoms with van der Waals surface area (Å²) in [6, 6.07) is 8.75. The van der Waals surface area contributed by atoms with Crippen LogP contribution >= 0.6 is 24.0 Å². The van der Waals surface area contributed by atoms with E-state index in [1.807, 2.05) is 13.0 Å². The van der Waals surface area contributed by atoms with Gasteiger partial charge in [-0.15, -0.1) is 0 Å². The molecule has 0 radical (unpaired) electrons. The van der Waals surface area contributed by atoms with E-state index in [1.54, 1.807) is 28.5 Å². The van der Waals surface area contributed by atoms with Crippen LogP contribution in [0.2, 0.25) is 0 Å². The summed E-state index contributed by atoms with van der Waals surface area (Å²) in [4.78, 5) is 33.7. The number of nitriles is 1. The Labute approximate surface area is 237 Å². The second-order valence-electron chi connectivity index (χ2n) is 10.2. The number of hydrogen-bond acceptors (Lipinski definition) is 7. The maximum Gasteiger partial charge on any atom is 0.270 e. The van der Waals surface area contributed by atoms with Gasteiger partial charge in [0.1, 0.15) is 27.6 Å². The number of nitrogens with zero attached hydrogens (tertiary/aromatic N) is 5. The van der Waals surface area contributed by atoms with Crippen LogP contribution in [-0.2, 0) is 11.3 Å². The quantitative estimate of drug-likeness (QED) is 0.359. The van der Waals surface area contributed by atoms with Crippen molar-refractivity contribution in [1.82, 2.24) is 9.47 Å². The van der Waals surface area contributed by atoms with E-state index in [0.29, 0.717) is 47.5 Å². The number of thiocarbonyl (C=S) groups is 1. The number of aromatic nitrogens is 1. The average Bonchev–Trinajstić information content (AvgIpc) is 3.55. The van der Waals surface area contributed by atoms with E-state index in [9.17, 15) is 19.2 Å². The predicted octanol–water partition coefficient (Wildman–Crippen LogP) is 5.05. The third-order valence-electron chi connectivity index (χ3n) is 7.85. The molecule has 39 heavy (non-hydrogen) atoms. The van der Waals surface area contributed by atoms with Crippen LogP contribution in [0.5, 0.6) is 0 Å². The molecule has 3 fully saturated rings. The molecule has 1 saturated carbocycles. The fourth-order valence-electron chi connectivity index (χ4n) is 5.83. The Morgan fingerprint density at radius 2 is 1.74 bits per heavy atom. The van der Waals surface area contributed by atoms with Gasteiger partial charge in [0.25, 0.3) is 11.5 Å². The van der Waals surface area contributed by atoms with Gasteiger partial charge in [0.05, 0.1) is 4.91 Å². The minimum absolute atomic E-state index is 0.0878. The Balaban J connectivity index is 1.55. The average molecular weight is 566 g/mol. The predicted molar refractivity (Wildman–Crippen MR) is 159 cm³/mol. The summed E-state index contributed by atoms with van der Waals surface area (Å²) >= 11 is 6.93. The molecule has 2 aliphatic heterocycles. The lowest BCUT2D eigenvalue weighted by atomic mass is 10.0. The maximum atomic E-state index is 13.5. The summed E-state index contributed by atoms with van der Waals surface area (Å²) in [5, 5.41) is 9.91. The number of benzene rings is 1. The Kier molecular flexibility index (Phi) is 8.10. The van der Waals surface area contributed by atoms with Gasteiger partial charge in [-0.1, -0.05) is 43.7 Å². The zero-order valence-corrected chi connectivity index (χ0v) is 23.9. The summed E-state index contributed by atoms with van der Waals surface area (Å²) in [5.74, 6) is 0.385. The third-order valence-corrected chi connectivity index (χ3v) is 9.18. The normalized spacial score (nSPS) is 19.4. The van der Waals surface area contributed by atoms with Gasteiger partial charge in [-0.25, -0.2) is 4.39 Å². The summed E-state index contributed by atoms with van der Waals surface area (Å²) in [5.41, 5.74) is 2.06. The Hall–Kier alpha value is -3.16. The first-order valence-corrected chi connectivity index (χ1v) is 14.8. The van der Waals surface area contributed by atoms with Gasteiger partial charge in [-0.3, -0.25) is 19.1 Å². The van der Waals surface area contributed by atoms with Gasteiger partial charge in [-0.2, -0.15) is 5.26 Å². The molecule has 0 unspecified atom stereocenters. The lowest BCUT2D eigenvalue weighted by molar-refractivity contribution is -0.123. The van der Waals surface area contributed by atoms with Crippen LogP contribution in [-0.4, -0.2) is 51.9 Å². The van der Waals surface area contributed by atoms with Gasteiger partial charge in [0, 0.05) is 50.0 Å². The third kappa shape index (κ3) is 5.22. The summed E-state index contributed by atoms with van der Waals surface area (Å²) in [6.45, 7) is 6.90. The highest BCUT2D eigenvalue weighted by atomic mass is 32.2. The standard InChI is InChI=1S/C29H32FN5O2S2/c1-3-12-34-26(33-15-13-32(14-16-33)21-10-8-20(30)9-11-21)23(19(2)24(18-31)27(34)36)17-25-28(37)35(29(38)39-25)22-6-4-5-7-22/h8-11,17,22H,3-7,12-16H2,1-2H3. The number of amides is 1.